The highest BCUT2D eigenvalue weighted by Crippen LogP contribution is 2.31. The van der Waals surface area contributed by atoms with Crippen LogP contribution in [0.25, 0.3) is 0 Å². The molecule has 2 aromatic carbocycles. The number of para-hydroxylation sites is 1. The number of amides is 1. The molecule has 1 N–H and O–H groups in total. The average Bonchev–Trinajstić information content (AvgIpc) is 2.78. The van der Waals surface area contributed by atoms with E-state index in [1.165, 1.54) is 5.56 Å². The van der Waals surface area contributed by atoms with Crippen LogP contribution in [0.1, 0.15) is 22.5 Å². The zero-order chi connectivity index (χ0) is 20.2. The molecule has 7 nitrogen and oxygen atoms in total. The summed E-state index contributed by atoms with van der Waals surface area (Å²) in [6.07, 6.45) is 1.92. The molecule has 0 fully saturated rings. The standard InChI is InChI=1S/C22H22N4O3/c1-28-16-9-11-20(29-2)18(14-16)23-21-12-10-17(24-25-21)22(27)26-13-5-7-15-6-3-4-8-19(15)26/h3-4,6,8-12,14H,5,7,13H2,1-2H3,(H,23,25). The van der Waals surface area contributed by atoms with Gasteiger partial charge in [-0.05, 0) is 48.7 Å². The lowest BCUT2D eigenvalue weighted by molar-refractivity contribution is 0.0979. The van der Waals surface area contributed by atoms with E-state index in [1.54, 1.807) is 37.3 Å². The second-order valence-corrected chi connectivity index (χ2v) is 6.68. The van der Waals surface area contributed by atoms with Crippen LogP contribution in [-0.2, 0) is 6.42 Å². The van der Waals surface area contributed by atoms with Crippen molar-refractivity contribution in [1.29, 1.82) is 0 Å². The van der Waals surface area contributed by atoms with Gasteiger partial charge >= 0.3 is 0 Å². The number of anilines is 3. The van der Waals surface area contributed by atoms with Crippen LogP contribution in [0.15, 0.2) is 54.6 Å². The van der Waals surface area contributed by atoms with Crippen molar-refractivity contribution < 1.29 is 14.3 Å². The molecule has 29 heavy (non-hydrogen) atoms. The van der Waals surface area contributed by atoms with Gasteiger partial charge in [-0.3, -0.25) is 4.79 Å². The van der Waals surface area contributed by atoms with E-state index in [0.29, 0.717) is 35.2 Å². The lowest BCUT2D eigenvalue weighted by atomic mass is 10.0. The second kappa shape index (κ2) is 8.18. The molecule has 1 amide bonds. The van der Waals surface area contributed by atoms with Gasteiger partial charge in [0.25, 0.3) is 5.91 Å². The van der Waals surface area contributed by atoms with Gasteiger partial charge in [-0.1, -0.05) is 18.2 Å². The number of nitrogens with zero attached hydrogens (tertiary/aromatic N) is 3. The first-order valence-electron chi connectivity index (χ1n) is 9.42. The summed E-state index contributed by atoms with van der Waals surface area (Å²) < 4.78 is 10.6. The van der Waals surface area contributed by atoms with Gasteiger partial charge in [0.1, 0.15) is 11.5 Å². The Morgan fingerprint density at radius 3 is 2.66 bits per heavy atom. The van der Waals surface area contributed by atoms with Gasteiger partial charge in [-0.15, -0.1) is 10.2 Å². The molecule has 1 aromatic heterocycles. The third-order valence-corrected chi connectivity index (χ3v) is 4.91. The van der Waals surface area contributed by atoms with Gasteiger partial charge < -0.3 is 19.7 Å². The fourth-order valence-corrected chi connectivity index (χ4v) is 3.45. The Morgan fingerprint density at radius 2 is 1.90 bits per heavy atom. The molecule has 0 atom stereocenters. The molecule has 1 aliphatic rings. The minimum atomic E-state index is -0.143. The van der Waals surface area contributed by atoms with E-state index in [2.05, 4.69) is 21.6 Å². The van der Waals surface area contributed by atoms with E-state index in [4.69, 9.17) is 9.47 Å². The van der Waals surface area contributed by atoms with Crippen molar-refractivity contribution >= 4 is 23.1 Å². The van der Waals surface area contributed by atoms with Crippen LogP contribution in [0.3, 0.4) is 0 Å². The third kappa shape index (κ3) is 3.85. The second-order valence-electron chi connectivity index (χ2n) is 6.68. The fraction of sp³-hybridized carbons (Fsp3) is 0.227. The molecular weight excluding hydrogens is 368 g/mol. The Hall–Kier alpha value is -3.61. The maximum absolute atomic E-state index is 13.0. The monoisotopic (exact) mass is 390 g/mol. The molecule has 0 spiro atoms. The molecule has 0 unspecified atom stereocenters. The number of hydrogen-bond donors (Lipinski definition) is 1. The number of nitrogens with one attached hydrogen (secondary N) is 1. The molecule has 1 aliphatic heterocycles. The third-order valence-electron chi connectivity index (χ3n) is 4.91. The largest absolute Gasteiger partial charge is 0.497 e. The Balaban J connectivity index is 1.54. The van der Waals surface area contributed by atoms with Crippen molar-refractivity contribution in [3.63, 3.8) is 0 Å². The van der Waals surface area contributed by atoms with Crippen LogP contribution in [0.5, 0.6) is 11.5 Å². The van der Waals surface area contributed by atoms with E-state index in [1.807, 2.05) is 30.3 Å². The zero-order valence-corrected chi connectivity index (χ0v) is 16.4. The topological polar surface area (TPSA) is 76.6 Å². The summed E-state index contributed by atoms with van der Waals surface area (Å²) in [5.41, 5.74) is 3.15. The van der Waals surface area contributed by atoms with Crippen LogP contribution >= 0.6 is 0 Å². The van der Waals surface area contributed by atoms with E-state index in [-0.39, 0.29) is 5.91 Å². The number of rotatable bonds is 5. The number of carbonyl (C=O) groups excluding carboxylic acids is 1. The molecule has 7 heteroatoms. The van der Waals surface area contributed by atoms with E-state index >= 15 is 0 Å². The van der Waals surface area contributed by atoms with Crippen molar-refractivity contribution in [2.75, 3.05) is 31.0 Å². The normalized spacial score (nSPS) is 12.8. The lowest BCUT2D eigenvalue weighted by Crippen LogP contribution is -2.36. The number of hydrogen-bond acceptors (Lipinski definition) is 6. The van der Waals surface area contributed by atoms with Gasteiger partial charge in [0.2, 0.25) is 0 Å². The summed E-state index contributed by atoms with van der Waals surface area (Å²) in [5, 5.41) is 11.5. The van der Waals surface area contributed by atoms with Gasteiger partial charge in [-0.25, -0.2) is 0 Å². The van der Waals surface area contributed by atoms with Gasteiger partial charge in [0.15, 0.2) is 11.5 Å². The first kappa shape index (κ1) is 18.7. The zero-order valence-electron chi connectivity index (χ0n) is 16.4. The average molecular weight is 390 g/mol. The van der Waals surface area contributed by atoms with Gasteiger partial charge in [0, 0.05) is 18.3 Å². The van der Waals surface area contributed by atoms with Gasteiger partial charge in [-0.2, -0.15) is 0 Å². The summed E-state index contributed by atoms with van der Waals surface area (Å²) in [6, 6.07) is 16.8. The predicted octanol–water partition coefficient (Wildman–Crippen LogP) is 3.83. The van der Waals surface area contributed by atoms with E-state index < -0.39 is 0 Å². The van der Waals surface area contributed by atoms with Crippen LogP contribution in [-0.4, -0.2) is 36.9 Å². The Bertz CT molecular complexity index is 1020. The highest BCUT2D eigenvalue weighted by molar-refractivity contribution is 6.05. The minimum absolute atomic E-state index is 0.143. The molecule has 0 bridgehead atoms. The predicted molar refractivity (Wildman–Crippen MR) is 111 cm³/mol. The molecule has 2 heterocycles. The SMILES string of the molecule is COc1ccc(OC)c(Nc2ccc(C(=O)N3CCCc4ccccc43)nn2)c1. The number of aryl methyl sites for hydroxylation is 1. The molecule has 3 aromatic rings. The van der Waals surface area contributed by atoms with Crippen LogP contribution < -0.4 is 19.7 Å². The number of carbonyl (C=O) groups is 1. The van der Waals surface area contributed by atoms with Crippen molar-refractivity contribution in [2.24, 2.45) is 0 Å². The van der Waals surface area contributed by atoms with E-state index in [0.717, 1.165) is 18.5 Å². The molecule has 0 aliphatic carbocycles. The van der Waals surface area contributed by atoms with Crippen LogP contribution in [0, 0.1) is 0 Å². The summed E-state index contributed by atoms with van der Waals surface area (Å²) in [7, 11) is 3.20. The smallest absolute Gasteiger partial charge is 0.278 e. The van der Waals surface area contributed by atoms with E-state index in [9.17, 15) is 4.79 Å². The first-order valence-corrected chi connectivity index (χ1v) is 9.42. The van der Waals surface area contributed by atoms with Crippen LogP contribution in [0.4, 0.5) is 17.2 Å². The lowest BCUT2D eigenvalue weighted by Gasteiger charge is -2.29. The molecule has 148 valence electrons. The number of ether oxygens (including phenoxy) is 2. The summed E-state index contributed by atoms with van der Waals surface area (Å²) in [4.78, 5) is 14.8. The van der Waals surface area contributed by atoms with Crippen molar-refractivity contribution in [2.45, 2.75) is 12.8 Å². The Labute approximate surface area is 169 Å². The minimum Gasteiger partial charge on any atom is -0.497 e. The molecule has 0 saturated heterocycles. The summed E-state index contributed by atoms with van der Waals surface area (Å²) >= 11 is 0. The molecular formula is C22H22N4O3. The maximum atomic E-state index is 13.0. The quantitative estimate of drug-likeness (QED) is 0.714. The van der Waals surface area contributed by atoms with Crippen molar-refractivity contribution in [1.82, 2.24) is 10.2 Å². The van der Waals surface area contributed by atoms with Gasteiger partial charge in [0.05, 0.1) is 19.9 Å². The highest BCUT2D eigenvalue weighted by Gasteiger charge is 2.24. The van der Waals surface area contributed by atoms with Crippen LogP contribution in [0.2, 0.25) is 0 Å². The maximum Gasteiger partial charge on any atom is 0.278 e. The van der Waals surface area contributed by atoms with Crippen molar-refractivity contribution in [3.05, 3.63) is 65.9 Å². The Morgan fingerprint density at radius 1 is 1.03 bits per heavy atom. The molecule has 0 radical (unpaired) electrons. The van der Waals surface area contributed by atoms with Crippen molar-refractivity contribution in [3.8, 4) is 11.5 Å². The highest BCUT2D eigenvalue weighted by atomic mass is 16.5. The summed E-state index contributed by atoms with van der Waals surface area (Å²) in [5.74, 6) is 1.71. The number of methoxy groups -OCH3 is 2. The summed E-state index contributed by atoms with van der Waals surface area (Å²) in [6.45, 7) is 0.679. The first-order chi connectivity index (χ1) is 14.2. The fourth-order valence-electron chi connectivity index (χ4n) is 3.45. The number of fused-ring (bicyclic) bond motifs is 1. The Kier molecular flexibility index (Phi) is 5.29. The molecule has 4 rings (SSSR count). The number of aromatic nitrogens is 2. The number of benzene rings is 2. The molecule has 0 saturated carbocycles.